The van der Waals surface area contributed by atoms with Crippen LogP contribution in [0.3, 0.4) is 0 Å². The topological polar surface area (TPSA) is 81.7 Å². The Hall–Kier alpha value is -2.16. The smallest absolute Gasteiger partial charge is 0.292 e. The minimum atomic E-state index is -4.57. The van der Waals surface area contributed by atoms with Crippen LogP contribution in [0.4, 0.5) is 19.1 Å². The fraction of sp³-hybridized carbons (Fsp3) is 0.300. The van der Waals surface area contributed by atoms with E-state index < -0.39 is 11.9 Å². The van der Waals surface area contributed by atoms with Crippen LogP contribution < -0.4 is 11.3 Å². The first-order valence-electron chi connectivity index (χ1n) is 5.25. The first-order chi connectivity index (χ1) is 8.81. The molecule has 0 saturated heterocycles. The van der Waals surface area contributed by atoms with E-state index in [0.29, 0.717) is 11.3 Å². The zero-order valence-electron chi connectivity index (χ0n) is 10.2. The maximum atomic E-state index is 12.7. The molecule has 2 aromatic heterocycles. The summed E-state index contributed by atoms with van der Waals surface area (Å²) in [7, 11) is 1.67. The first kappa shape index (κ1) is 13.3. The Labute approximate surface area is 106 Å². The van der Waals surface area contributed by atoms with Crippen molar-refractivity contribution in [2.45, 2.75) is 13.1 Å². The van der Waals surface area contributed by atoms with Gasteiger partial charge in [-0.15, -0.1) is 0 Å². The second kappa shape index (κ2) is 4.50. The fourth-order valence-electron chi connectivity index (χ4n) is 1.65. The summed E-state index contributed by atoms with van der Waals surface area (Å²) in [4.78, 5) is 7.19. The molecule has 9 heteroatoms. The quantitative estimate of drug-likeness (QED) is 0.639. The molecule has 3 N–H and O–H groups in total. The first-order valence-corrected chi connectivity index (χ1v) is 5.25. The Morgan fingerprint density at radius 3 is 2.47 bits per heavy atom. The van der Waals surface area contributed by atoms with Gasteiger partial charge in [-0.25, -0.2) is 15.8 Å². The number of anilines is 1. The number of nitrogen functional groups attached to an aromatic ring is 1. The number of hydrogen-bond donors (Lipinski definition) is 2. The summed E-state index contributed by atoms with van der Waals surface area (Å²) in [6.07, 6.45) is -2.99. The van der Waals surface area contributed by atoms with Crippen LogP contribution in [0, 0.1) is 6.92 Å². The third kappa shape index (κ3) is 2.65. The molecule has 0 unspecified atom stereocenters. The van der Waals surface area contributed by atoms with Gasteiger partial charge in [-0.2, -0.15) is 18.3 Å². The zero-order chi connectivity index (χ0) is 14.2. The minimum absolute atomic E-state index is 0.112. The number of nitrogens with two attached hydrogens (primary N) is 1. The lowest BCUT2D eigenvalue weighted by atomic mass is 10.1. The summed E-state index contributed by atoms with van der Waals surface area (Å²) in [5, 5.41) is 4.06. The van der Waals surface area contributed by atoms with Crippen molar-refractivity contribution in [3.05, 3.63) is 23.7 Å². The molecular weight excluding hydrogens is 261 g/mol. The van der Waals surface area contributed by atoms with Crippen molar-refractivity contribution in [3.8, 4) is 11.3 Å². The predicted octanol–water partition coefficient (Wildman–Crippen LogP) is 1.49. The molecule has 2 aromatic rings. The molecule has 0 aliphatic heterocycles. The van der Waals surface area contributed by atoms with Gasteiger partial charge in [-0.3, -0.25) is 10.1 Å². The number of aromatic nitrogens is 4. The largest absolute Gasteiger partial charge is 0.433 e. The van der Waals surface area contributed by atoms with Crippen molar-refractivity contribution in [3.63, 3.8) is 0 Å². The van der Waals surface area contributed by atoms with Gasteiger partial charge >= 0.3 is 6.18 Å². The van der Waals surface area contributed by atoms with Crippen LogP contribution in [0.5, 0.6) is 0 Å². The standard InChI is InChI=1S/C10H11F3N6/c1-5-6(4-19(2)18-5)7-3-8(10(11,12)13)16-9(15-7)17-14/h3-4H,14H2,1-2H3,(H,15,16,17). The van der Waals surface area contributed by atoms with Gasteiger partial charge in [0.25, 0.3) is 0 Å². The van der Waals surface area contributed by atoms with Crippen molar-refractivity contribution >= 4 is 5.95 Å². The number of rotatable bonds is 2. The highest BCUT2D eigenvalue weighted by Crippen LogP contribution is 2.31. The van der Waals surface area contributed by atoms with Crippen LogP contribution in [0.1, 0.15) is 11.4 Å². The van der Waals surface area contributed by atoms with Gasteiger partial charge in [0, 0.05) is 18.8 Å². The fourth-order valence-corrected chi connectivity index (χ4v) is 1.65. The lowest BCUT2D eigenvalue weighted by molar-refractivity contribution is -0.141. The molecule has 0 atom stereocenters. The van der Waals surface area contributed by atoms with Crippen molar-refractivity contribution < 1.29 is 13.2 Å². The molecule has 0 spiro atoms. The molecule has 2 rings (SSSR count). The highest BCUT2D eigenvalue weighted by Gasteiger charge is 2.34. The molecule has 0 saturated carbocycles. The average Bonchev–Trinajstić information content (AvgIpc) is 2.66. The Kier molecular flexibility index (Phi) is 3.14. The average molecular weight is 272 g/mol. The predicted molar refractivity (Wildman–Crippen MR) is 61.8 cm³/mol. The molecule has 2 heterocycles. The number of halogens is 3. The van der Waals surface area contributed by atoms with Gasteiger partial charge in [0.05, 0.1) is 11.4 Å². The molecule has 0 amide bonds. The van der Waals surface area contributed by atoms with Crippen molar-refractivity contribution in [1.82, 2.24) is 19.7 Å². The summed E-state index contributed by atoms with van der Waals surface area (Å²) < 4.78 is 39.7. The van der Waals surface area contributed by atoms with Crippen LogP contribution in [0.2, 0.25) is 0 Å². The Balaban J connectivity index is 2.60. The normalized spacial score (nSPS) is 11.7. The summed E-state index contributed by atoms with van der Waals surface area (Å²) in [5.41, 5.74) is 2.14. The molecular formula is C10H11F3N6. The van der Waals surface area contributed by atoms with E-state index in [1.165, 1.54) is 4.68 Å². The van der Waals surface area contributed by atoms with E-state index >= 15 is 0 Å². The monoisotopic (exact) mass is 272 g/mol. The SMILES string of the molecule is Cc1nn(C)cc1-c1cc(C(F)(F)F)nc(NN)n1. The van der Waals surface area contributed by atoms with Crippen LogP contribution >= 0.6 is 0 Å². The lowest BCUT2D eigenvalue weighted by Gasteiger charge is -2.09. The van der Waals surface area contributed by atoms with Crippen molar-refractivity contribution in [1.29, 1.82) is 0 Å². The van der Waals surface area contributed by atoms with Gasteiger partial charge in [0.1, 0.15) is 0 Å². The number of aryl methyl sites for hydroxylation is 2. The number of nitrogens with zero attached hydrogens (tertiary/aromatic N) is 4. The van der Waals surface area contributed by atoms with E-state index in [1.807, 2.05) is 5.43 Å². The highest BCUT2D eigenvalue weighted by atomic mass is 19.4. The third-order valence-electron chi connectivity index (χ3n) is 2.44. The van der Waals surface area contributed by atoms with E-state index in [9.17, 15) is 13.2 Å². The van der Waals surface area contributed by atoms with E-state index in [4.69, 9.17) is 5.84 Å². The van der Waals surface area contributed by atoms with Gasteiger partial charge in [0.15, 0.2) is 5.69 Å². The van der Waals surface area contributed by atoms with Gasteiger partial charge in [0.2, 0.25) is 5.95 Å². The lowest BCUT2D eigenvalue weighted by Crippen LogP contribution is -2.15. The summed E-state index contributed by atoms with van der Waals surface area (Å²) in [6, 6.07) is 0.866. The number of hydrazine groups is 1. The van der Waals surface area contributed by atoms with Gasteiger partial charge in [-0.1, -0.05) is 0 Å². The molecule has 6 nitrogen and oxygen atoms in total. The Morgan fingerprint density at radius 2 is 2.00 bits per heavy atom. The van der Waals surface area contributed by atoms with Crippen LogP contribution in [0.15, 0.2) is 12.3 Å². The van der Waals surface area contributed by atoms with Crippen LogP contribution in [-0.2, 0) is 13.2 Å². The van der Waals surface area contributed by atoms with Crippen molar-refractivity contribution in [2.24, 2.45) is 12.9 Å². The van der Waals surface area contributed by atoms with Crippen LogP contribution in [-0.4, -0.2) is 19.7 Å². The molecule has 0 radical (unpaired) electrons. The maximum Gasteiger partial charge on any atom is 0.433 e. The summed E-state index contributed by atoms with van der Waals surface area (Å²) in [5.74, 6) is 4.79. The Bertz CT molecular complexity index is 604. The van der Waals surface area contributed by atoms with E-state index in [0.717, 1.165) is 6.07 Å². The molecule has 0 aliphatic rings. The molecule has 102 valence electrons. The number of nitrogens with one attached hydrogen (secondary N) is 1. The molecule has 0 fully saturated rings. The van der Waals surface area contributed by atoms with Gasteiger partial charge < -0.3 is 0 Å². The van der Waals surface area contributed by atoms with E-state index in [1.54, 1.807) is 20.2 Å². The summed E-state index contributed by atoms with van der Waals surface area (Å²) >= 11 is 0. The molecule has 0 aromatic carbocycles. The van der Waals surface area contributed by atoms with E-state index in [2.05, 4.69) is 15.1 Å². The molecule has 0 aliphatic carbocycles. The highest BCUT2D eigenvalue weighted by molar-refractivity contribution is 5.62. The summed E-state index contributed by atoms with van der Waals surface area (Å²) in [6.45, 7) is 1.68. The minimum Gasteiger partial charge on any atom is -0.292 e. The molecule has 19 heavy (non-hydrogen) atoms. The number of alkyl halides is 3. The van der Waals surface area contributed by atoms with E-state index in [-0.39, 0.29) is 11.6 Å². The second-order valence-electron chi connectivity index (χ2n) is 3.91. The number of hydrogen-bond acceptors (Lipinski definition) is 5. The third-order valence-corrected chi connectivity index (χ3v) is 2.44. The van der Waals surface area contributed by atoms with Crippen LogP contribution in [0.25, 0.3) is 11.3 Å². The molecule has 0 bridgehead atoms. The van der Waals surface area contributed by atoms with Gasteiger partial charge in [-0.05, 0) is 13.0 Å². The van der Waals surface area contributed by atoms with Crippen molar-refractivity contribution in [2.75, 3.05) is 5.43 Å². The zero-order valence-corrected chi connectivity index (χ0v) is 10.2. The maximum absolute atomic E-state index is 12.7. The second-order valence-corrected chi connectivity index (χ2v) is 3.91. The Morgan fingerprint density at radius 1 is 1.32 bits per heavy atom.